The lowest BCUT2D eigenvalue weighted by molar-refractivity contribution is -0.151. The first-order chi connectivity index (χ1) is 13.1. The highest BCUT2D eigenvalue weighted by Crippen LogP contribution is 2.14. The van der Waals surface area contributed by atoms with Gasteiger partial charge in [0, 0.05) is 0 Å². The highest BCUT2D eigenvalue weighted by atomic mass is 16.5. The van der Waals surface area contributed by atoms with Crippen molar-refractivity contribution < 1.29 is 14.3 Å². The van der Waals surface area contributed by atoms with E-state index in [9.17, 15) is 9.59 Å². The lowest BCUT2D eigenvalue weighted by atomic mass is 10.0. The lowest BCUT2D eigenvalue weighted by Gasteiger charge is -2.10. The number of rotatable bonds is 20. The molecule has 0 aliphatic rings. The van der Waals surface area contributed by atoms with Crippen molar-refractivity contribution in [2.24, 2.45) is 5.92 Å². The molecule has 1 atom stereocenters. The number of hydrogen-bond acceptors (Lipinski definition) is 3. The summed E-state index contributed by atoms with van der Waals surface area (Å²) in [5.41, 5.74) is 0. The Morgan fingerprint density at radius 1 is 0.630 bits per heavy atom. The van der Waals surface area contributed by atoms with E-state index >= 15 is 0 Å². The number of esters is 1. The first kappa shape index (κ1) is 26.1. The first-order valence-electron chi connectivity index (χ1n) is 11.8. The molecule has 160 valence electrons. The Bertz CT molecular complexity index is 352. The van der Waals surface area contributed by atoms with E-state index < -0.39 is 5.92 Å². The fraction of sp³-hybridized carbons (Fsp3) is 0.917. The van der Waals surface area contributed by atoms with E-state index in [0.29, 0.717) is 13.0 Å². The average molecular weight is 383 g/mol. The lowest BCUT2D eigenvalue weighted by Crippen LogP contribution is -2.23. The number of unbranched alkanes of at least 4 members (excludes halogenated alkanes) is 15. The summed E-state index contributed by atoms with van der Waals surface area (Å²) in [7, 11) is 0. The molecule has 3 nitrogen and oxygen atoms in total. The smallest absolute Gasteiger partial charge is 0.316 e. The Labute approximate surface area is 169 Å². The molecular weight excluding hydrogens is 336 g/mol. The largest absolute Gasteiger partial charge is 0.465 e. The Balaban J connectivity index is 3.23. The van der Waals surface area contributed by atoms with Crippen molar-refractivity contribution in [3.8, 4) is 0 Å². The van der Waals surface area contributed by atoms with E-state index in [1.165, 1.54) is 96.8 Å². The van der Waals surface area contributed by atoms with Gasteiger partial charge in [0.15, 0.2) is 0 Å². The topological polar surface area (TPSA) is 43.4 Å². The summed E-state index contributed by atoms with van der Waals surface area (Å²) in [6.07, 6.45) is 21.9. The van der Waals surface area contributed by atoms with Gasteiger partial charge in [-0.3, -0.25) is 9.59 Å². The predicted molar refractivity (Wildman–Crippen MR) is 115 cm³/mol. The maximum Gasteiger partial charge on any atom is 0.316 e. The van der Waals surface area contributed by atoms with Crippen molar-refractivity contribution in [1.82, 2.24) is 0 Å². The van der Waals surface area contributed by atoms with Crippen LogP contribution >= 0.6 is 0 Å². The Kier molecular flexibility index (Phi) is 19.3. The zero-order valence-corrected chi connectivity index (χ0v) is 18.5. The molecule has 0 saturated heterocycles. The third-order valence-corrected chi connectivity index (χ3v) is 5.43. The molecule has 1 unspecified atom stereocenters. The molecule has 0 saturated carbocycles. The van der Waals surface area contributed by atoms with Gasteiger partial charge in [0.1, 0.15) is 11.7 Å². The highest BCUT2D eigenvalue weighted by Gasteiger charge is 2.22. The molecule has 27 heavy (non-hydrogen) atoms. The van der Waals surface area contributed by atoms with Crippen LogP contribution in [0.1, 0.15) is 130 Å². The number of Topliss-reactive ketones (excluding diaryl/α,β-unsaturated/α-hetero) is 1. The van der Waals surface area contributed by atoms with Gasteiger partial charge in [-0.05, 0) is 19.8 Å². The maximum absolute atomic E-state index is 11.7. The molecule has 3 heteroatoms. The van der Waals surface area contributed by atoms with Gasteiger partial charge in [0.25, 0.3) is 0 Å². The average Bonchev–Trinajstić information content (AvgIpc) is 2.64. The molecule has 0 rings (SSSR count). The molecule has 0 aromatic heterocycles. The summed E-state index contributed by atoms with van der Waals surface area (Å²) in [4.78, 5) is 23.0. The van der Waals surface area contributed by atoms with E-state index in [4.69, 9.17) is 4.74 Å². The standard InChI is InChI=1S/C24H46O3/c1-4-6-7-8-9-10-11-12-13-14-15-16-17-18-19-20-21-27-24(26)23(5-2)22(3)25/h23H,4-21H2,1-3H3. The fourth-order valence-electron chi connectivity index (χ4n) is 3.54. The minimum absolute atomic E-state index is 0.0885. The number of hydrogen-bond donors (Lipinski definition) is 0. The molecule has 0 N–H and O–H groups in total. The Hall–Kier alpha value is -0.860. The molecule has 0 bridgehead atoms. The second-order valence-electron chi connectivity index (χ2n) is 8.04. The monoisotopic (exact) mass is 382 g/mol. The van der Waals surface area contributed by atoms with E-state index in [0.717, 1.165) is 12.8 Å². The van der Waals surface area contributed by atoms with Crippen LogP contribution in [0.4, 0.5) is 0 Å². The molecule has 0 aliphatic carbocycles. The van der Waals surface area contributed by atoms with E-state index in [2.05, 4.69) is 6.92 Å². The van der Waals surface area contributed by atoms with Crippen LogP contribution in [0.2, 0.25) is 0 Å². The number of carbonyl (C=O) groups excluding carboxylic acids is 2. The third kappa shape index (κ3) is 17.0. The van der Waals surface area contributed by atoms with Crippen molar-refractivity contribution in [2.45, 2.75) is 130 Å². The van der Waals surface area contributed by atoms with Gasteiger partial charge < -0.3 is 4.74 Å². The van der Waals surface area contributed by atoms with Crippen LogP contribution in [0.3, 0.4) is 0 Å². The molecule has 0 amide bonds. The zero-order chi connectivity index (χ0) is 20.2. The van der Waals surface area contributed by atoms with Gasteiger partial charge in [0.2, 0.25) is 0 Å². The van der Waals surface area contributed by atoms with Crippen molar-refractivity contribution in [2.75, 3.05) is 6.61 Å². The minimum Gasteiger partial charge on any atom is -0.465 e. The van der Waals surface area contributed by atoms with Crippen LogP contribution in [-0.4, -0.2) is 18.4 Å². The number of ketones is 1. The zero-order valence-electron chi connectivity index (χ0n) is 18.5. The fourth-order valence-corrected chi connectivity index (χ4v) is 3.54. The minimum atomic E-state index is -0.564. The number of carbonyl (C=O) groups is 2. The maximum atomic E-state index is 11.7. The van der Waals surface area contributed by atoms with Gasteiger partial charge >= 0.3 is 5.97 Å². The SMILES string of the molecule is CCCCCCCCCCCCCCCCCCOC(=O)C(CC)C(C)=O. The van der Waals surface area contributed by atoms with Crippen LogP contribution in [0, 0.1) is 5.92 Å². The molecule has 0 radical (unpaired) electrons. The summed E-state index contributed by atoms with van der Waals surface area (Å²) in [5.74, 6) is -0.994. The van der Waals surface area contributed by atoms with Crippen molar-refractivity contribution in [3.05, 3.63) is 0 Å². The number of ether oxygens (including phenoxy) is 1. The Morgan fingerprint density at radius 2 is 1.00 bits per heavy atom. The summed E-state index contributed by atoms with van der Waals surface area (Å²) in [6, 6.07) is 0. The molecule has 0 aromatic rings. The summed E-state index contributed by atoms with van der Waals surface area (Å²) in [6.45, 7) is 6.05. The van der Waals surface area contributed by atoms with Crippen LogP contribution in [0.15, 0.2) is 0 Å². The quantitative estimate of drug-likeness (QED) is 0.125. The normalized spacial score (nSPS) is 12.1. The van der Waals surface area contributed by atoms with E-state index in [1.807, 2.05) is 6.92 Å². The Morgan fingerprint density at radius 3 is 1.33 bits per heavy atom. The highest BCUT2D eigenvalue weighted by molar-refractivity contribution is 5.97. The molecule has 0 spiro atoms. The second-order valence-corrected chi connectivity index (χ2v) is 8.04. The van der Waals surface area contributed by atoms with E-state index in [-0.39, 0.29) is 11.8 Å². The van der Waals surface area contributed by atoms with Gasteiger partial charge in [-0.1, -0.05) is 110 Å². The summed E-state index contributed by atoms with van der Waals surface area (Å²) in [5, 5.41) is 0. The van der Waals surface area contributed by atoms with Crippen LogP contribution in [0.25, 0.3) is 0 Å². The molecular formula is C24H46O3. The van der Waals surface area contributed by atoms with Gasteiger partial charge in [0.05, 0.1) is 6.61 Å². The van der Waals surface area contributed by atoms with Crippen molar-refractivity contribution in [1.29, 1.82) is 0 Å². The third-order valence-electron chi connectivity index (χ3n) is 5.43. The molecule has 0 fully saturated rings. The molecule has 0 aliphatic heterocycles. The van der Waals surface area contributed by atoms with Crippen molar-refractivity contribution >= 4 is 11.8 Å². The summed E-state index contributed by atoms with van der Waals surface area (Å²) < 4.78 is 5.22. The second kappa shape index (κ2) is 19.9. The molecule has 0 heterocycles. The van der Waals surface area contributed by atoms with E-state index in [1.54, 1.807) is 0 Å². The van der Waals surface area contributed by atoms with Gasteiger partial charge in [-0.15, -0.1) is 0 Å². The summed E-state index contributed by atoms with van der Waals surface area (Å²) >= 11 is 0. The first-order valence-corrected chi connectivity index (χ1v) is 11.8. The van der Waals surface area contributed by atoms with Crippen molar-refractivity contribution in [3.63, 3.8) is 0 Å². The van der Waals surface area contributed by atoms with Crippen LogP contribution in [-0.2, 0) is 14.3 Å². The molecule has 0 aromatic carbocycles. The van der Waals surface area contributed by atoms with Gasteiger partial charge in [-0.25, -0.2) is 0 Å². The van der Waals surface area contributed by atoms with Gasteiger partial charge in [-0.2, -0.15) is 0 Å². The van der Waals surface area contributed by atoms with Crippen LogP contribution < -0.4 is 0 Å². The van der Waals surface area contributed by atoms with Crippen LogP contribution in [0.5, 0.6) is 0 Å². The predicted octanol–water partition coefficient (Wildman–Crippen LogP) is 7.41.